The lowest BCUT2D eigenvalue weighted by Crippen LogP contribution is -2.47. The molecule has 2 aliphatic rings. The molecule has 0 aromatic carbocycles. The lowest BCUT2D eigenvalue weighted by molar-refractivity contribution is -0.122. The summed E-state index contributed by atoms with van der Waals surface area (Å²) < 4.78 is 2.25. The Hall–Kier alpha value is -2.92. The maximum Gasteiger partial charge on any atom is 0.227 e. The fraction of sp³-hybridized carbons (Fsp3) is 0.545. The van der Waals surface area contributed by atoms with E-state index in [1.165, 1.54) is 0 Å². The fourth-order valence-corrected chi connectivity index (χ4v) is 5.02. The zero-order valence-corrected chi connectivity index (χ0v) is 16.8. The van der Waals surface area contributed by atoms with Gasteiger partial charge in [-0.25, -0.2) is 9.97 Å². The van der Waals surface area contributed by atoms with Gasteiger partial charge in [0.05, 0.1) is 30.3 Å². The van der Waals surface area contributed by atoms with Gasteiger partial charge in [0.25, 0.3) is 0 Å². The third-order valence-electron chi connectivity index (χ3n) is 6.67. The van der Waals surface area contributed by atoms with Gasteiger partial charge in [-0.1, -0.05) is 0 Å². The summed E-state index contributed by atoms with van der Waals surface area (Å²) in [4.78, 5) is 25.1. The standard InChI is InChI=1S/C22H26N6O2/c23-7-5-13-1-3-15(4-2-13)28-19(11-20(30)26-14-9-16(29)10-14)27-18-12-25-22-17(21(18)28)6-8-24-22/h6,8,12-16,29H,1-5,9-11H2,(H,24,25)(H,26,30)/t13-,14?,15-,16?. The lowest BCUT2D eigenvalue weighted by atomic mass is 9.84. The molecule has 3 heterocycles. The van der Waals surface area contributed by atoms with E-state index in [9.17, 15) is 9.90 Å². The van der Waals surface area contributed by atoms with Crippen molar-refractivity contribution in [2.24, 2.45) is 5.92 Å². The smallest absolute Gasteiger partial charge is 0.227 e. The number of H-pyrrole nitrogens is 1. The van der Waals surface area contributed by atoms with Crippen molar-refractivity contribution in [2.75, 3.05) is 0 Å². The highest BCUT2D eigenvalue weighted by Crippen LogP contribution is 2.38. The highest BCUT2D eigenvalue weighted by molar-refractivity contribution is 6.01. The first-order chi connectivity index (χ1) is 14.6. The third kappa shape index (κ3) is 3.43. The van der Waals surface area contributed by atoms with Crippen LogP contribution in [0.2, 0.25) is 0 Å². The molecule has 156 valence electrons. The van der Waals surface area contributed by atoms with Crippen molar-refractivity contribution in [1.82, 2.24) is 24.8 Å². The number of imidazole rings is 1. The third-order valence-corrected chi connectivity index (χ3v) is 6.67. The quantitative estimate of drug-likeness (QED) is 0.602. The first-order valence-electron chi connectivity index (χ1n) is 10.8. The monoisotopic (exact) mass is 406 g/mol. The maximum atomic E-state index is 12.7. The number of aromatic nitrogens is 4. The zero-order valence-electron chi connectivity index (χ0n) is 16.8. The molecule has 0 saturated heterocycles. The van der Waals surface area contributed by atoms with E-state index >= 15 is 0 Å². The largest absolute Gasteiger partial charge is 0.393 e. The summed E-state index contributed by atoms with van der Waals surface area (Å²) in [6.07, 6.45) is 9.44. The number of fused-ring (bicyclic) bond motifs is 3. The Morgan fingerprint density at radius 3 is 2.87 bits per heavy atom. The molecule has 1 amide bonds. The first-order valence-corrected chi connectivity index (χ1v) is 10.8. The van der Waals surface area contributed by atoms with E-state index < -0.39 is 0 Å². The normalized spacial score (nSPS) is 26.4. The number of aliphatic hydroxyl groups is 1. The molecule has 0 aliphatic heterocycles. The van der Waals surface area contributed by atoms with Gasteiger partial charge in [0.1, 0.15) is 17.0 Å². The van der Waals surface area contributed by atoms with Crippen molar-refractivity contribution >= 4 is 28.0 Å². The van der Waals surface area contributed by atoms with E-state index in [1.54, 1.807) is 6.20 Å². The molecular formula is C22H26N6O2. The number of pyridine rings is 1. The van der Waals surface area contributed by atoms with E-state index in [1.807, 2.05) is 12.3 Å². The maximum absolute atomic E-state index is 12.7. The van der Waals surface area contributed by atoms with Gasteiger partial charge in [-0.3, -0.25) is 4.79 Å². The Morgan fingerprint density at radius 1 is 1.33 bits per heavy atom. The van der Waals surface area contributed by atoms with Crippen LogP contribution in [0.3, 0.4) is 0 Å². The van der Waals surface area contributed by atoms with Gasteiger partial charge in [0, 0.05) is 30.1 Å². The van der Waals surface area contributed by atoms with Gasteiger partial charge in [-0.2, -0.15) is 5.26 Å². The molecule has 2 saturated carbocycles. The van der Waals surface area contributed by atoms with Crippen LogP contribution in [0.4, 0.5) is 0 Å². The number of hydrogen-bond acceptors (Lipinski definition) is 5. The molecule has 0 unspecified atom stereocenters. The van der Waals surface area contributed by atoms with Crippen molar-refractivity contribution in [3.8, 4) is 6.07 Å². The Balaban J connectivity index is 1.47. The second-order valence-electron chi connectivity index (χ2n) is 8.73. The van der Waals surface area contributed by atoms with Gasteiger partial charge in [-0.05, 0) is 50.5 Å². The predicted octanol–water partition coefficient (Wildman–Crippen LogP) is 2.74. The second-order valence-corrected chi connectivity index (χ2v) is 8.73. The van der Waals surface area contributed by atoms with Crippen molar-refractivity contribution < 1.29 is 9.90 Å². The van der Waals surface area contributed by atoms with E-state index in [0.29, 0.717) is 25.2 Å². The number of amides is 1. The molecule has 0 radical (unpaired) electrons. The Morgan fingerprint density at radius 2 is 2.13 bits per heavy atom. The van der Waals surface area contributed by atoms with Crippen LogP contribution in [0.5, 0.6) is 0 Å². The SMILES string of the molecule is N#CC[C@H]1CC[C@H](n2c(CC(=O)NC3CC(O)C3)nc3cnc4[nH]ccc4c32)CC1. The number of carbonyl (C=O) groups excluding carboxylic acids is 1. The van der Waals surface area contributed by atoms with E-state index in [4.69, 9.17) is 10.2 Å². The highest BCUT2D eigenvalue weighted by Gasteiger charge is 2.30. The summed E-state index contributed by atoms with van der Waals surface area (Å²) in [5.74, 6) is 1.17. The van der Waals surface area contributed by atoms with Gasteiger partial charge < -0.3 is 20.0 Å². The molecule has 2 aliphatic carbocycles. The van der Waals surface area contributed by atoms with E-state index in [2.05, 4.69) is 25.9 Å². The molecule has 8 nitrogen and oxygen atoms in total. The number of hydrogen-bond donors (Lipinski definition) is 3. The van der Waals surface area contributed by atoms with Crippen molar-refractivity contribution in [1.29, 1.82) is 5.26 Å². The van der Waals surface area contributed by atoms with Crippen LogP contribution in [0.15, 0.2) is 18.5 Å². The summed E-state index contributed by atoms with van der Waals surface area (Å²) in [6, 6.07) is 4.65. The molecule has 8 heteroatoms. The van der Waals surface area contributed by atoms with Crippen LogP contribution >= 0.6 is 0 Å². The zero-order chi connectivity index (χ0) is 20.7. The lowest BCUT2D eigenvalue weighted by Gasteiger charge is -2.32. The van der Waals surface area contributed by atoms with Gasteiger partial charge in [0.2, 0.25) is 5.91 Å². The average molecular weight is 406 g/mol. The molecule has 0 bridgehead atoms. The van der Waals surface area contributed by atoms with Gasteiger partial charge in [0.15, 0.2) is 0 Å². The van der Waals surface area contributed by atoms with Gasteiger partial charge >= 0.3 is 0 Å². The van der Waals surface area contributed by atoms with Crippen molar-refractivity contribution in [2.45, 2.75) is 69.6 Å². The average Bonchev–Trinajstić information content (AvgIpc) is 3.31. The van der Waals surface area contributed by atoms with Crippen molar-refractivity contribution in [3.05, 3.63) is 24.3 Å². The molecule has 3 aromatic heterocycles. The fourth-order valence-electron chi connectivity index (χ4n) is 5.02. The van der Waals surface area contributed by atoms with Crippen molar-refractivity contribution in [3.63, 3.8) is 0 Å². The molecule has 30 heavy (non-hydrogen) atoms. The Kier molecular flexibility index (Phi) is 4.91. The minimum atomic E-state index is -0.295. The molecule has 5 rings (SSSR count). The molecular weight excluding hydrogens is 380 g/mol. The Labute approximate surface area is 174 Å². The number of nitrogens with zero attached hydrogens (tertiary/aromatic N) is 4. The molecule has 3 N–H and O–H groups in total. The molecule has 2 fully saturated rings. The minimum absolute atomic E-state index is 0.0557. The first kappa shape index (κ1) is 19.1. The van der Waals surface area contributed by atoms with Crippen LogP contribution in [0, 0.1) is 17.2 Å². The summed E-state index contributed by atoms with van der Waals surface area (Å²) in [5, 5.41) is 22.5. The molecule has 3 aromatic rings. The van der Waals surface area contributed by atoms with Crippen LogP contribution in [0.1, 0.15) is 56.8 Å². The number of carbonyl (C=O) groups is 1. The van der Waals surface area contributed by atoms with Crippen LogP contribution < -0.4 is 5.32 Å². The highest BCUT2D eigenvalue weighted by atomic mass is 16.3. The topological polar surface area (TPSA) is 120 Å². The number of aromatic amines is 1. The minimum Gasteiger partial charge on any atom is -0.393 e. The van der Waals surface area contributed by atoms with Crippen LogP contribution in [0.25, 0.3) is 22.1 Å². The van der Waals surface area contributed by atoms with E-state index in [0.717, 1.165) is 53.6 Å². The Bertz CT molecular complexity index is 1110. The van der Waals surface area contributed by atoms with Crippen LogP contribution in [-0.4, -0.2) is 42.7 Å². The van der Waals surface area contributed by atoms with E-state index in [-0.39, 0.29) is 30.5 Å². The predicted molar refractivity (Wildman–Crippen MR) is 111 cm³/mol. The number of nitrogens with one attached hydrogen (secondary N) is 2. The summed E-state index contributed by atoms with van der Waals surface area (Å²) >= 11 is 0. The molecule has 0 atom stereocenters. The summed E-state index contributed by atoms with van der Waals surface area (Å²) in [6.45, 7) is 0. The number of rotatable bonds is 5. The van der Waals surface area contributed by atoms with Gasteiger partial charge in [-0.15, -0.1) is 0 Å². The molecule has 0 spiro atoms. The summed E-state index contributed by atoms with van der Waals surface area (Å²) in [5.41, 5.74) is 2.66. The van der Waals surface area contributed by atoms with Crippen LogP contribution in [-0.2, 0) is 11.2 Å². The second kappa shape index (κ2) is 7.73. The number of aliphatic hydroxyl groups excluding tert-OH is 1. The summed E-state index contributed by atoms with van der Waals surface area (Å²) in [7, 11) is 0. The number of nitriles is 1.